The van der Waals surface area contributed by atoms with Crippen LogP contribution in [-0.2, 0) is 4.74 Å². The van der Waals surface area contributed by atoms with Gasteiger partial charge in [0.05, 0.1) is 20.8 Å². The quantitative estimate of drug-likeness (QED) is 0.865. The lowest BCUT2D eigenvalue weighted by atomic mass is 10.1. The average molecular weight is 266 g/mol. The van der Waals surface area contributed by atoms with E-state index in [9.17, 15) is 4.79 Å². The van der Waals surface area contributed by atoms with Crippen molar-refractivity contribution in [1.82, 2.24) is 4.90 Å². The number of ether oxygens (including phenoxy) is 3. The largest absolute Gasteiger partial charge is 0.493 e. The molecule has 0 saturated carbocycles. The minimum Gasteiger partial charge on any atom is -0.493 e. The molecule has 1 aliphatic rings. The van der Waals surface area contributed by atoms with Crippen molar-refractivity contribution in [3.8, 4) is 11.5 Å². The standard InChI is InChI=1S/C13H18N2O4/c1-17-11-4-3-9(7-12(11)18-2)10(14)8-15-5-6-19-13(15)16/h3-4,7,10H,5-6,8,14H2,1-2H3. The number of hydrogen-bond acceptors (Lipinski definition) is 5. The van der Waals surface area contributed by atoms with Crippen LogP contribution in [0.3, 0.4) is 0 Å². The summed E-state index contributed by atoms with van der Waals surface area (Å²) in [5.41, 5.74) is 6.99. The molecule has 1 aromatic carbocycles. The number of carbonyl (C=O) groups excluding carboxylic acids is 1. The fourth-order valence-electron chi connectivity index (χ4n) is 2.02. The van der Waals surface area contributed by atoms with Gasteiger partial charge in [-0.3, -0.25) is 0 Å². The van der Waals surface area contributed by atoms with E-state index < -0.39 is 0 Å². The third kappa shape index (κ3) is 2.90. The first-order valence-corrected chi connectivity index (χ1v) is 6.05. The minimum absolute atomic E-state index is 0.287. The number of nitrogens with zero attached hydrogens (tertiary/aromatic N) is 1. The molecule has 2 rings (SSSR count). The van der Waals surface area contributed by atoms with Crippen LogP contribution in [0.15, 0.2) is 18.2 Å². The van der Waals surface area contributed by atoms with E-state index in [2.05, 4.69) is 0 Å². The third-order valence-electron chi connectivity index (χ3n) is 3.10. The van der Waals surface area contributed by atoms with Crippen molar-refractivity contribution in [3.63, 3.8) is 0 Å². The summed E-state index contributed by atoms with van der Waals surface area (Å²) in [5.74, 6) is 1.28. The molecule has 0 spiro atoms. The van der Waals surface area contributed by atoms with Crippen molar-refractivity contribution in [1.29, 1.82) is 0 Å². The molecular weight excluding hydrogens is 248 g/mol. The van der Waals surface area contributed by atoms with Gasteiger partial charge in [0.1, 0.15) is 6.61 Å². The zero-order chi connectivity index (χ0) is 13.8. The Morgan fingerprint density at radius 2 is 2.11 bits per heavy atom. The second-order valence-corrected chi connectivity index (χ2v) is 4.28. The lowest BCUT2D eigenvalue weighted by Crippen LogP contribution is -2.32. The molecule has 2 N–H and O–H groups in total. The van der Waals surface area contributed by atoms with Gasteiger partial charge in [-0.1, -0.05) is 6.07 Å². The van der Waals surface area contributed by atoms with Gasteiger partial charge in [-0.25, -0.2) is 4.79 Å². The van der Waals surface area contributed by atoms with Gasteiger partial charge in [0.15, 0.2) is 11.5 Å². The molecule has 6 heteroatoms. The number of cyclic esters (lactones) is 1. The van der Waals surface area contributed by atoms with E-state index in [1.54, 1.807) is 25.2 Å². The number of hydrogen-bond donors (Lipinski definition) is 1. The zero-order valence-electron chi connectivity index (χ0n) is 11.1. The summed E-state index contributed by atoms with van der Waals surface area (Å²) in [6.45, 7) is 1.44. The Morgan fingerprint density at radius 1 is 1.37 bits per heavy atom. The predicted octanol–water partition coefficient (Wildman–Crippen LogP) is 1.16. The summed E-state index contributed by atoms with van der Waals surface area (Å²) in [4.78, 5) is 13.0. The molecular formula is C13H18N2O4. The normalized spacial score (nSPS) is 16.2. The van der Waals surface area contributed by atoms with Crippen LogP contribution in [0.4, 0.5) is 4.79 Å². The highest BCUT2D eigenvalue weighted by Crippen LogP contribution is 2.29. The Bertz CT molecular complexity index is 464. The first kappa shape index (κ1) is 13.5. The van der Waals surface area contributed by atoms with Crippen molar-refractivity contribution in [3.05, 3.63) is 23.8 Å². The van der Waals surface area contributed by atoms with Crippen molar-refractivity contribution in [2.45, 2.75) is 6.04 Å². The molecule has 1 fully saturated rings. The highest BCUT2D eigenvalue weighted by atomic mass is 16.6. The van der Waals surface area contributed by atoms with Crippen LogP contribution in [0, 0.1) is 0 Å². The van der Waals surface area contributed by atoms with E-state index in [4.69, 9.17) is 19.9 Å². The summed E-state index contributed by atoms with van der Waals surface area (Å²) in [6, 6.07) is 5.21. The van der Waals surface area contributed by atoms with Gasteiger partial charge in [-0.2, -0.15) is 0 Å². The van der Waals surface area contributed by atoms with E-state index in [1.165, 1.54) is 0 Å². The molecule has 0 aliphatic carbocycles. The Hall–Kier alpha value is -1.95. The molecule has 1 heterocycles. The maximum absolute atomic E-state index is 11.4. The van der Waals surface area contributed by atoms with Crippen LogP contribution < -0.4 is 15.2 Å². The molecule has 1 aliphatic heterocycles. The second kappa shape index (κ2) is 5.79. The monoisotopic (exact) mass is 266 g/mol. The molecule has 104 valence electrons. The summed E-state index contributed by atoms with van der Waals surface area (Å²) in [6.07, 6.45) is -0.309. The van der Waals surface area contributed by atoms with Gasteiger partial charge in [0.25, 0.3) is 0 Å². The molecule has 0 bridgehead atoms. The second-order valence-electron chi connectivity index (χ2n) is 4.28. The maximum atomic E-state index is 11.4. The van der Waals surface area contributed by atoms with Crippen LogP contribution in [0.5, 0.6) is 11.5 Å². The average Bonchev–Trinajstić information content (AvgIpc) is 2.83. The van der Waals surface area contributed by atoms with Crippen LogP contribution in [0.1, 0.15) is 11.6 Å². The van der Waals surface area contributed by atoms with Crippen LogP contribution in [0.25, 0.3) is 0 Å². The first-order chi connectivity index (χ1) is 9.15. The number of nitrogens with two attached hydrogens (primary N) is 1. The smallest absolute Gasteiger partial charge is 0.410 e. The van der Waals surface area contributed by atoms with Gasteiger partial charge in [-0.05, 0) is 17.7 Å². The minimum atomic E-state index is -0.309. The molecule has 6 nitrogen and oxygen atoms in total. The van der Waals surface area contributed by atoms with Gasteiger partial charge >= 0.3 is 6.09 Å². The van der Waals surface area contributed by atoms with E-state index in [0.717, 1.165) is 5.56 Å². The first-order valence-electron chi connectivity index (χ1n) is 6.05. The fraction of sp³-hybridized carbons (Fsp3) is 0.462. The van der Waals surface area contributed by atoms with Gasteiger partial charge in [0.2, 0.25) is 0 Å². The molecule has 1 saturated heterocycles. The predicted molar refractivity (Wildman–Crippen MR) is 69.4 cm³/mol. The molecule has 0 radical (unpaired) electrons. The molecule has 1 atom stereocenters. The Labute approximate surface area is 112 Å². The highest BCUT2D eigenvalue weighted by Gasteiger charge is 2.24. The van der Waals surface area contributed by atoms with E-state index in [-0.39, 0.29) is 12.1 Å². The molecule has 1 aromatic rings. The van der Waals surface area contributed by atoms with E-state index in [1.807, 2.05) is 12.1 Å². The van der Waals surface area contributed by atoms with Crippen molar-refractivity contribution in [2.24, 2.45) is 5.73 Å². The van der Waals surface area contributed by atoms with Gasteiger partial charge in [-0.15, -0.1) is 0 Å². The van der Waals surface area contributed by atoms with E-state index >= 15 is 0 Å². The number of benzene rings is 1. The SMILES string of the molecule is COc1ccc(C(N)CN2CCOC2=O)cc1OC. The van der Waals surface area contributed by atoms with Crippen molar-refractivity contribution in [2.75, 3.05) is 33.9 Å². The number of methoxy groups -OCH3 is 2. The van der Waals surface area contributed by atoms with Gasteiger partial charge < -0.3 is 24.8 Å². The molecule has 0 aromatic heterocycles. The van der Waals surface area contributed by atoms with Crippen LogP contribution in [0.2, 0.25) is 0 Å². The number of carbonyl (C=O) groups is 1. The molecule has 19 heavy (non-hydrogen) atoms. The van der Waals surface area contributed by atoms with Crippen molar-refractivity contribution >= 4 is 6.09 Å². The highest BCUT2D eigenvalue weighted by molar-refractivity contribution is 5.69. The number of amides is 1. The maximum Gasteiger partial charge on any atom is 0.410 e. The fourth-order valence-corrected chi connectivity index (χ4v) is 2.02. The number of rotatable bonds is 5. The summed E-state index contributed by atoms with van der Waals surface area (Å²) < 4.78 is 15.3. The third-order valence-corrected chi connectivity index (χ3v) is 3.10. The zero-order valence-corrected chi connectivity index (χ0v) is 11.1. The lowest BCUT2D eigenvalue weighted by Gasteiger charge is -2.19. The Balaban J connectivity index is 2.10. The summed E-state index contributed by atoms with van der Waals surface area (Å²) >= 11 is 0. The van der Waals surface area contributed by atoms with E-state index in [0.29, 0.717) is 31.2 Å². The van der Waals surface area contributed by atoms with Crippen molar-refractivity contribution < 1.29 is 19.0 Å². The Morgan fingerprint density at radius 3 is 2.68 bits per heavy atom. The lowest BCUT2D eigenvalue weighted by molar-refractivity contribution is 0.157. The summed E-state index contributed by atoms with van der Waals surface area (Å²) in [7, 11) is 3.16. The van der Waals surface area contributed by atoms with Gasteiger partial charge in [0, 0.05) is 12.6 Å². The van der Waals surface area contributed by atoms with Crippen LogP contribution in [-0.4, -0.2) is 44.9 Å². The van der Waals surface area contributed by atoms with Crippen LogP contribution >= 0.6 is 0 Å². The topological polar surface area (TPSA) is 74.0 Å². The molecule has 1 unspecified atom stereocenters. The molecule has 1 amide bonds. The Kier molecular flexibility index (Phi) is 4.11. The summed E-state index contributed by atoms with van der Waals surface area (Å²) in [5, 5.41) is 0.